The monoisotopic (exact) mass is 373 g/mol. The van der Waals surface area contributed by atoms with Crippen LogP contribution in [0.3, 0.4) is 0 Å². The number of hydrogen-bond donors (Lipinski definition) is 2. The molecule has 0 aliphatic heterocycles. The van der Waals surface area contributed by atoms with Gasteiger partial charge in [-0.05, 0) is 42.2 Å². The number of ether oxygens (including phenoxy) is 1. The zero-order valence-corrected chi connectivity index (χ0v) is 15.4. The van der Waals surface area contributed by atoms with E-state index < -0.39 is 17.8 Å². The first-order valence-electron chi connectivity index (χ1n) is 8.77. The van der Waals surface area contributed by atoms with Gasteiger partial charge in [-0.3, -0.25) is 9.59 Å². The van der Waals surface area contributed by atoms with Gasteiger partial charge in [-0.15, -0.1) is 0 Å². The number of carbonyl (C=O) groups is 2. The second-order valence-electron chi connectivity index (χ2n) is 6.53. The molecule has 2 rings (SSSR count). The number of rotatable bonds is 9. The number of methoxy groups -OCH3 is 1. The number of hydrogen-bond acceptors (Lipinski definition) is 3. The Kier molecular flexibility index (Phi) is 7.34. The highest BCUT2D eigenvalue weighted by Gasteiger charge is 2.22. The molecule has 0 aliphatic carbocycles. The Morgan fingerprint density at radius 1 is 1.15 bits per heavy atom. The summed E-state index contributed by atoms with van der Waals surface area (Å²) in [4.78, 5) is 23.9. The van der Waals surface area contributed by atoms with E-state index in [-0.39, 0.29) is 24.7 Å². The third kappa shape index (κ3) is 6.09. The summed E-state index contributed by atoms with van der Waals surface area (Å²) in [6, 6.07) is 13.3. The minimum absolute atomic E-state index is 0.0136. The maximum absolute atomic E-state index is 13.3. The quantitative estimate of drug-likeness (QED) is 0.708. The summed E-state index contributed by atoms with van der Waals surface area (Å²) in [5.74, 6) is -2.14. The van der Waals surface area contributed by atoms with Gasteiger partial charge in [0.05, 0.1) is 13.0 Å². The van der Waals surface area contributed by atoms with E-state index in [1.165, 1.54) is 19.2 Å². The summed E-state index contributed by atoms with van der Waals surface area (Å²) in [5.41, 5.74) is 1.50. The molecule has 2 aromatic rings. The molecule has 144 valence electrons. The normalized spacial score (nSPS) is 12.9. The highest BCUT2D eigenvalue weighted by molar-refractivity contribution is 5.79. The molecule has 0 fully saturated rings. The Balaban J connectivity index is 1.94. The molecule has 0 saturated carbocycles. The first kappa shape index (κ1) is 20.4. The van der Waals surface area contributed by atoms with Crippen molar-refractivity contribution >= 4 is 11.9 Å². The lowest BCUT2D eigenvalue weighted by Crippen LogP contribution is -2.37. The van der Waals surface area contributed by atoms with Crippen molar-refractivity contribution < 1.29 is 23.8 Å². The summed E-state index contributed by atoms with van der Waals surface area (Å²) >= 11 is 0. The van der Waals surface area contributed by atoms with E-state index in [0.29, 0.717) is 12.2 Å². The molecule has 0 aliphatic rings. The van der Waals surface area contributed by atoms with Crippen molar-refractivity contribution in [2.75, 3.05) is 13.7 Å². The Bertz CT molecular complexity index is 793. The Morgan fingerprint density at radius 3 is 2.56 bits per heavy atom. The van der Waals surface area contributed by atoms with E-state index in [1.807, 2.05) is 18.2 Å². The summed E-state index contributed by atoms with van der Waals surface area (Å²) in [6.07, 6.45) is 0.631. The van der Waals surface area contributed by atoms with Crippen LogP contribution in [-0.4, -0.2) is 30.6 Å². The predicted molar refractivity (Wildman–Crippen MR) is 100 cm³/mol. The van der Waals surface area contributed by atoms with Gasteiger partial charge < -0.3 is 15.2 Å². The van der Waals surface area contributed by atoms with Gasteiger partial charge >= 0.3 is 5.97 Å². The minimum atomic E-state index is -0.987. The summed E-state index contributed by atoms with van der Waals surface area (Å²) < 4.78 is 18.5. The molecule has 2 aromatic carbocycles. The maximum Gasteiger partial charge on any atom is 0.308 e. The molecule has 0 radical (unpaired) electrons. The standard InChI is InChI=1S/C21H24FNO4/c1-14(10-15-6-5-8-18(22)11-15)20(24)23-13-17(21(25)26)12-16-7-3-4-9-19(16)27-2/h3-9,11,14,17H,10,12-13H2,1-2H3,(H,23,24)(H,25,26). The molecule has 0 aromatic heterocycles. The average molecular weight is 373 g/mol. The highest BCUT2D eigenvalue weighted by atomic mass is 19.1. The van der Waals surface area contributed by atoms with Crippen molar-refractivity contribution in [1.29, 1.82) is 0 Å². The van der Waals surface area contributed by atoms with Crippen LogP contribution in [0.1, 0.15) is 18.1 Å². The van der Waals surface area contributed by atoms with E-state index in [1.54, 1.807) is 25.1 Å². The van der Waals surface area contributed by atoms with Crippen LogP contribution >= 0.6 is 0 Å². The lowest BCUT2D eigenvalue weighted by atomic mass is 9.97. The summed E-state index contributed by atoms with van der Waals surface area (Å²) in [6.45, 7) is 1.75. The van der Waals surface area contributed by atoms with Crippen LogP contribution < -0.4 is 10.1 Å². The maximum atomic E-state index is 13.3. The topological polar surface area (TPSA) is 75.6 Å². The highest BCUT2D eigenvalue weighted by Crippen LogP contribution is 2.21. The van der Waals surface area contributed by atoms with Crippen LogP contribution in [0, 0.1) is 17.7 Å². The van der Waals surface area contributed by atoms with Crippen molar-refractivity contribution in [3.63, 3.8) is 0 Å². The van der Waals surface area contributed by atoms with Crippen LogP contribution in [0.4, 0.5) is 4.39 Å². The fraction of sp³-hybridized carbons (Fsp3) is 0.333. The molecule has 2 N–H and O–H groups in total. The molecule has 2 atom stereocenters. The molecule has 0 spiro atoms. The van der Waals surface area contributed by atoms with Gasteiger partial charge in [-0.1, -0.05) is 37.3 Å². The van der Waals surface area contributed by atoms with E-state index in [0.717, 1.165) is 11.1 Å². The van der Waals surface area contributed by atoms with Crippen LogP contribution in [0.5, 0.6) is 5.75 Å². The Morgan fingerprint density at radius 2 is 1.89 bits per heavy atom. The first-order valence-corrected chi connectivity index (χ1v) is 8.77. The predicted octanol–water partition coefficient (Wildman–Crippen LogP) is 3.07. The molecule has 1 amide bonds. The van der Waals surface area contributed by atoms with Crippen LogP contribution in [0.15, 0.2) is 48.5 Å². The lowest BCUT2D eigenvalue weighted by Gasteiger charge is -2.17. The van der Waals surface area contributed by atoms with Gasteiger partial charge in [0.2, 0.25) is 5.91 Å². The number of halogens is 1. The van der Waals surface area contributed by atoms with Crippen LogP contribution in [0.2, 0.25) is 0 Å². The number of nitrogens with one attached hydrogen (secondary N) is 1. The number of amides is 1. The van der Waals surface area contributed by atoms with Gasteiger partial charge in [-0.2, -0.15) is 0 Å². The van der Waals surface area contributed by atoms with Gasteiger partial charge in [0.25, 0.3) is 0 Å². The second kappa shape index (κ2) is 9.71. The van der Waals surface area contributed by atoms with Gasteiger partial charge in [-0.25, -0.2) is 4.39 Å². The minimum Gasteiger partial charge on any atom is -0.496 e. The third-order valence-corrected chi connectivity index (χ3v) is 4.41. The zero-order chi connectivity index (χ0) is 19.8. The van der Waals surface area contributed by atoms with Gasteiger partial charge in [0.15, 0.2) is 0 Å². The van der Waals surface area contributed by atoms with Crippen molar-refractivity contribution in [2.45, 2.75) is 19.8 Å². The van der Waals surface area contributed by atoms with E-state index in [2.05, 4.69) is 5.32 Å². The molecule has 0 saturated heterocycles. The molecule has 5 nitrogen and oxygen atoms in total. The van der Waals surface area contributed by atoms with Gasteiger partial charge in [0, 0.05) is 12.5 Å². The molecule has 2 unspecified atom stereocenters. The molecular weight excluding hydrogens is 349 g/mol. The zero-order valence-electron chi connectivity index (χ0n) is 15.4. The van der Waals surface area contributed by atoms with E-state index >= 15 is 0 Å². The van der Waals surface area contributed by atoms with Crippen molar-refractivity contribution in [1.82, 2.24) is 5.32 Å². The Labute approximate surface area is 158 Å². The Hall–Kier alpha value is -2.89. The number of para-hydroxylation sites is 1. The number of carboxylic acid groups (broad SMARTS) is 1. The summed E-state index contributed by atoms with van der Waals surface area (Å²) in [5, 5.41) is 12.2. The molecule has 0 heterocycles. The van der Waals surface area contributed by atoms with Crippen LogP contribution in [0.25, 0.3) is 0 Å². The number of aliphatic carboxylic acids is 1. The summed E-state index contributed by atoms with van der Waals surface area (Å²) in [7, 11) is 1.53. The largest absolute Gasteiger partial charge is 0.496 e. The van der Waals surface area contributed by atoms with Gasteiger partial charge in [0.1, 0.15) is 11.6 Å². The van der Waals surface area contributed by atoms with Crippen molar-refractivity contribution in [3.05, 3.63) is 65.5 Å². The molecule has 0 bridgehead atoms. The van der Waals surface area contributed by atoms with Crippen molar-refractivity contribution in [2.24, 2.45) is 11.8 Å². The number of benzene rings is 2. The molecule has 6 heteroatoms. The third-order valence-electron chi connectivity index (χ3n) is 4.41. The lowest BCUT2D eigenvalue weighted by molar-refractivity contribution is -0.141. The SMILES string of the molecule is COc1ccccc1CC(CNC(=O)C(C)Cc1cccc(F)c1)C(=O)O. The smallest absolute Gasteiger partial charge is 0.308 e. The molecular formula is C21H24FNO4. The number of carboxylic acids is 1. The fourth-order valence-electron chi connectivity index (χ4n) is 2.89. The average Bonchev–Trinajstić information content (AvgIpc) is 2.64. The second-order valence-corrected chi connectivity index (χ2v) is 6.53. The first-order chi connectivity index (χ1) is 12.9. The number of carbonyl (C=O) groups excluding carboxylic acids is 1. The van der Waals surface area contributed by atoms with Crippen molar-refractivity contribution in [3.8, 4) is 5.75 Å². The fourth-order valence-corrected chi connectivity index (χ4v) is 2.89. The van der Waals surface area contributed by atoms with Crippen LogP contribution in [-0.2, 0) is 22.4 Å². The van der Waals surface area contributed by atoms with E-state index in [9.17, 15) is 19.1 Å². The van der Waals surface area contributed by atoms with E-state index in [4.69, 9.17) is 4.74 Å². The molecule has 27 heavy (non-hydrogen) atoms.